The number of methoxy groups -OCH3 is 1. The molecule has 0 aliphatic carbocycles. The van der Waals surface area contributed by atoms with Gasteiger partial charge in [-0.15, -0.1) is 0 Å². The molecule has 2 heterocycles. The number of ether oxygens (including phenoxy) is 1. The molecule has 4 aromatic rings. The van der Waals surface area contributed by atoms with Gasteiger partial charge >= 0.3 is 0 Å². The molecule has 2 aromatic carbocycles. The molecule has 0 spiro atoms. The van der Waals surface area contributed by atoms with Crippen molar-refractivity contribution in [2.45, 2.75) is 6.04 Å². The monoisotopic (exact) mass is 377 g/mol. The highest BCUT2D eigenvalue weighted by Crippen LogP contribution is 2.26. The van der Waals surface area contributed by atoms with Gasteiger partial charge in [0.1, 0.15) is 22.8 Å². The molecule has 2 N–H and O–H groups in total. The van der Waals surface area contributed by atoms with E-state index >= 15 is 0 Å². The zero-order valence-electron chi connectivity index (χ0n) is 16.2. The quantitative estimate of drug-likeness (QED) is 0.534. The third-order valence-electron chi connectivity index (χ3n) is 4.93. The highest BCUT2D eigenvalue weighted by atomic mass is 16.5. The van der Waals surface area contributed by atoms with Crippen LogP contribution in [0, 0.1) is 0 Å². The van der Waals surface area contributed by atoms with Gasteiger partial charge < -0.3 is 19.5 Å². The summed E-state index contributed by atoms with van der Waals surface area (Å²) in [5.74, 6) is 1.42. The zero-order chi connectivity index (χ0) is 19.7. The van der Waals surface area contributed by atoms with Crippen molar-refractivity contribution in [1.82, 2.24) is 15.2 Å². The first-order valence-electron chi connectivity index (χ1n) is 9.15. The minimum atomic E-state index is -0.155. The van der Waals surface area contributed by atoms with Crippen molar-refractivity contribution in [3.8, 4) is 5.75 Å². The molecular formula is C22H23N3O3. The molecule has 144 valence electrons. The second-order valence-electron chi connectivity index (χ2n) is 7.01. The van der Waals surface area contributed by atoms with Crippen LogP contribution in [-0.2, 0) is 0 Å². The van der Waals surface area contributed by atoms with E-state index in [1.807, 2.05) is 73.6 Å². The van der Waals surface area contributed by atoms with Gasteiger partial charge in [0.2, 0.25) is 0 Å². The van der Waals surface area contributed by atoms with Crippen LogP contribution in [0.3, 0.4) is 0 Å². The number of aromatic nitrogens is 1. The Kier molecular flexibility index (Phi) is 4.79. The average molecular weight is 377 g/mol. The van der Waals surface area contributed by atoms with Gasteiger partial charge in [-0.2, -0.15) is 0 Å². The van der Waals surface area contributed by atoms with Gasteiger partial charge in [-0.25, -0.2) is 0 Å². The normalized spacial score (nSPS) is 12.6. The number of aromatic amines is 1. The van der Waals surface area contributed by atoms with E-state index in [0.717, 1.165) is 33.4 Å². The van der Waals surface area contributed by atoms with Crippen molar-refractivity contribution in [3.63, 3.8) is 0 Å². The van der Waals surface area contributed by atoms with Gasteiger partial charge in [-0.3, -0.25) is 9.69 Å². The molecule has 0 saturated heterocycles. The lowest BCUT2D eigenvalue weighted by Gasteiger charge is -2.22. The van der Waals surface area contributed by atoms with Crippen molar-refractivity contribution in [3.05, 3.63) is 66.1 Å². The average Bonchev–Trinajstić information content (AvgIpc) is 3.30. The summed E-state index contributed by atoms with van der Waals surface area (Å²) in [7, 11) is 5.57. The molecule has 28 heavy (non-hydrogen) atoms. The maximum atomic E-state index is 12.7. The number of carbonyl (C=O) groups is 1. The van der Waals surface area contributed by atoms with Crippen LogP contribution in [0.25, 0.3) is 21.9 Å². The summed E-state index contributed by atoms with van der Waals surface area (Å²) in [6.07, 6.45) is 0. The minimum Gasteiger partial charge on any atom is -0.497 e. The van der Waals surface area contributed by atoms with E-state index in [2.05, 4.69) is 10.3 Å². The summed E-state index contributed by atoms with van der Waals surface area (Å²) in [5.41, 5.74) is 2.23. The predicted octanol–water partition coefficient (Wildman–Crippen LogP) is 3.96. The number of nitrogens with zero attached hydrogens (tertiary/aromatic N) is 1. The number of furan rings is 1. The van der Waals surface area contributed by atoms with E-state index in [1.54, 1.807) is 7.11 Å². The van der Waals surface area contributed by atoms with Gasteiger partial charge in [0.05, 0.1) is 13.2 Å². The van der Waals surface area contributed by atoms with Crippen molar-refractivity contribution < 1.29 is 13.9 Å². The zero-order valence-corrected chi connectivity index (χ0v) is 16.2. The Labute approximate surface area is 163 Å². The largest absolute Gasteiger partial charge is 0.497 e. The summed E-state index contributed by atoms with van der Waals surface area (Å²) in [6.45, 7) is 0.435. The topological polar surface area (TPSA) is 70.5 Å². The Hall–Kier alpha value is -3.25. The number of para-hydroxylation sites is 1. The molecule has 6 nitrogen and oxygen atoms in total. The summed E-state index contributed by atoms with van der Waals surface area (Å²) in [6, 6.07) is 17.4. The lowest BCUT2D eigenvalue weighted by Crippen LogP contribution is -2.34. The number of hydrogen-bond donors (Lipinski definition) is 2. The van der Waals surface area contributed by atoms with E-state index in [4.69, 9.17) is 9.15 Å². The van der Waals surface area contributed by atoms with Crippen LogP contribution in [0.5, 0.6) is 5.75 Å². The van der Waals surface area contributed by atoms with Crippen LogP contribution in [0.1, 0.15) is 22.3 Å². The summed E-state index contributed by atoms with van der Waals surface area (Å²) in [5, 5.41) is 5.03. The fourth-order valence-electron chi connectivity index (χ4n) is 3.34. The van der Waals surface area contributed by atoms with E-state index in [9.17, 15) is 4.79 Å². The maximum absolute atomic E-state index is 12.7. The molecule has 1 amide bonds. The summed E-state index contributed by atoms with van der Waals surface area (Å²) >= 11 is 0. The van der Waals surface area contributed by atoms with Crippen LogP contribution < -0.4 is 10.1 Å². The highest BCUT2D eigenvalue weighted by molar-refractivity contribution is 5.98. The van der Waals surface area contributed by atoms with Crippen LogP contribution in [0.4, 0.5) is 0 Å². The molecule has 0 fully saturated rings. The number of fused-ring (bicyclic) bond motifs is 2. The number of H-pyrrole nitrogens is 1. The third kappa shape index (κ3) is 3.46. The van der Waals surface area contributed by atoms with Gasteiger partial charge in [0, 0.05) is 28.9 Å². The number of nitrogens with one attached hydrogen (secondary N) is 2. The first-order chi connectivity index (χ1) is 13.5. The van der Waals surface area contributed by atoms with Crippen molar-refractivity contribution in [1.29, 1.82) is 0 Å². The van der Waals surface area contributed by atoms with Crippen molar-refractivity contribution in [2.75, 3.05) is 27.7 Å². The molecule has 0 aliphatic rings. The number of rotatable bonds is 6. The van der Waals surface area contributed by atoms with Crippen molar-refractivity contribution >= 4 is 27.8 Å². The minimum absolute atomic E-state index is 0.0687. The van der Waals surface area contributed by atoms with Gasteiger partial charge in [0.15, 0.2) is 0 Å². The maximum Gasteiger partial charge on any atom is 0.267 e. The number of benzene rings is 2. The predicted molar refractivity (Wildman–Crippen MR) is 110 cm³/mol. The first kappa shape index (κ1) is 18.1. The molecular weight excluding hydrogens is 354 g/mol. The number of carbonyl (C=O) groups excluding carboxylic acids is 1. The molecule has 1 atom stereocenters. The SMILES string of the molecule is COc1ccc2cc(C(=O)NCC(c3cc4ccccc4o3)N(C)C)[nH]c2c1. The van der Waals surface area contributed by atoms with Gasteiger partial charge in [-0.05, 0) is 44.4 Å². The van der Waals surface area contributed by atoms with Crippen LogP contribution >= 0.6 is 0 Å². The molecule has 0 radical (unpaired) electrons. The van der Waals surface area contributed by atoms with Crippen LogP contribution in [-0.4, -0.2) is 43.5 Å². The molecule has 0 bridgehead atoms. The highest BCUT2D eigenvalue weighted by Gasteiger charge is 2.20. The smallest absolute Gasteiger partial charge is 0.267 e. The molecule has 4 rings (SSSR count). The Bertz CT molecular complexity index is 1090. The second kappa shape index (κ2) is 7.40. The Morgan fingerprint density at radius 1 is 1.14 bits per heavy atom. The van der Waals surface area contributed by atoms with Crippen molar-refractivity contribution in [2.24, 2.45) is 0 Å². The third-order valence-corrected chi connectivity index (χ3v) is 4.93. The molecule has 6 heteroatoms. The molecule has 2 aromatic heterocycles. The summed E-state index contributed by atoms with van der Waals surface area (Å²) in [4.78, 5) is 17.9. The molecule has 0 aliphatic heterocycles. The van der Waals surface area contributed by atoms with E-state index < -0.39 is 0 Å². The first-order valence-corrected chi connectivity index (χ1v) is 9.15. The fraction of sp³-hybridized carbons (Fsp3) is 0.227. The summed E-state index contributed by atoms with van der Waals surface area (Å²) < 4.78 is 11.2. The molecule has 1 unspecified atom stereocenters. The van der Waals surface area contributed by atoms with E-state index in [1.165, 1.54) is 0 Å². The van der Waals surface area contributed by atoms with E-state index in [0.29, 0.717) is 12.2 Å². The Morgan fingerprint density at radius 2 is 1.96 bits per heavy atom. The van der Waals surface area contributed by atoms with Gasteiger partial charge in [0.25, 0.3) is 5.91 Å². The lowest BCUT2D eigenvalue weighted by molar-refractivity contribution is 0.0935. The van der Waals surface area contributed by atoms with E-state index in [-0.39, 0.29) is 11.9 Å². The van der Waals surface area contributed by atoms with Crippen LogP contribution in [0.2, 0.25) is 0 Å². The number of likely N-dealkylation sites (N-methyl/N-ethyl adjacent to an activating group) is 1. The lowest BCUT2D eigenvalue weighted by atomic mass is 10.1. The standard InChI is InChI=1S/C22H23N3O3/c1-25(2)19(21-11-15-6-4-5-7-20(15)28-21)13-23-22(26)18-10-14-8-9-16(27-3)12-17(14)24-18/h4-12,19,24H,13H2,1-3H3,(H,23,26). The molecule has 0 saturated carbocycles. The van der Waals surface area contributed by atoms with Crippen LogP contribution in [0.15, 0.2) is 59.0 Å². The Balaban J connectivity index is 1.51. The Morgan fingerprint density at radius 3 is 2.71 bits per heavy atom. The van der Waals surface area contributed by atoms with Gasteiger partial charge in [-0.1, -0.05) is 18.2 Å². The number of amides is 1. The second-order valence-corrected chi connectivity index (χ2v) is 7.01. The fourth-order valence-corrected chi connectivity index (χ4v) is 3.34. The number of hydrogen-bond acceptors (Lipinski definition) is 4.